The van der Waals surface area contributed by atoms with Gasteiger partial charge in [-0.1, -0.05) is 29.3 Å². The van der Waals surface area contributed by atoms with Gasteiger partial charge < -0.3 is 5.32 Å². The summed E-state index contributed by atoms with van der Waals surface area (Å²) in [5, 5.41) is 3.49. The van der Waals surface area contributed by atoms with Gasteiger partial charge in [0.25, 0.3) is 0 Å². The van der Waals surface area contributed by atoms with E-state index in [2.05, 4.69) is 5.32 Å². The lowest BCUT2D eigenvalue weighted by Crippen LogP contribution is -2.52. The van der Waals surface area contributed by atoms with E-state index in [9.17, 15) is 8.42 Å². The van der Waals surface area contributed by atoms with E-state index in [0.29, 0.717) is 19.6 Å². The van der Waals surface area contributed by atoms with Crippen molar-refractivity contribution in [1.29, 1.82) is 0 Å². The van der Waals surface area contributed by atoms with Gasteiger partial charge in [-0.15, -0.1) is 0 Å². The SMILES string of the molecule is CC1CNCCN1S(=O)(=O)c1cccc(Cl)c1Cl. The molecule has 0 bridgehead atoms. The molecule has 1 unspecified atom stereocenters. The average Bonchev–Trinajstić information content (AvgIpc) is 2.32. The first-order valence-electron chi connectivity index (χ1n) is 5.61. The van der Waals surface area contributed by atoms with Gasteiger partial charge in [0.1, 0.15) is 4.90 Å². The van der Waals surface area contributed by atoms with Gasteiger partial charge in [-0.2, -0.15) is 4.31 Å². The van der Waals surface area contributed by atoms with E-state index in [0.717, 1.165) is 0 Å². The molecule has 1 atom stereocenters. The zero-order valence-electron chi connectivity index (χ0n) is 9.86. The third-order valence-corrected chi connectivity index (χ3v) is 5.93. The predicted octanol–water partition coefficient (Wildman–Crippen LogP) is 1.98. The van der Waals surface area contributed by atoms with Crippen molar-refractivity contribution < 1.29 is 8.42 Å². The largest absolute Gasteiger partial charge is 0.314 e. The van der Waals surface area contributed by atoms with Crippen molar-refractivity contribution in [3.8, 4) is 0 Å². The first-order valence-corrected chi connectivity index (χ1v) is 7.81. The molecule has 0 saturated carbocycles. The number of nitrogens with one attached hydrogen (secondary N) is 1. The van der Waals surface area contributed by atoms with Gasteiger partial charge in [0.15, 0.2) is 0 Å². The Morgan fingerprint density at radius 3 is 2.78 bits per heavy atom. The van der Waals surface area contributed by atoms with E-state index in [1.54, 1.807) is 12.1 Å². The van der Waals surface area contributed by atoms with Crippen molar-refractivity contribution in [3.05, 3.63) is 28.2 Å². The topological polar surface area (TPSA) is 49.4 Å². The number of sulfonamides is 1. The van der Waals surface area contributed by atoms with Gasteiger partial charge in [-0.3, -0.25) is 0 Å². The van der Waals surface area contributed by atoms with Crippen molar-refractivity contribution in [1.82, 2.24) is 9.62 Å². The number of piperazine rings is 1. The maximum Gasteiger partial charge on any atom is 0.244 e. The first-order chi connectivity index (χ1) is 8.44. The van der Waals surface area contributed by atoms with Crippen LogP contribution >= 0.6 is 23.2 Å². The lowest BCUT2D eigenvalue weighted by atomic mass is 10.3. The van der Waals surface area contributed by atoms with E-state index >= 15 is 0 Å². The molecule has 0 amide bonds. The zero-order valence-corrected chi connectivity index (χ0v) is 12.2. The molecular weight excluding hydrogens is 295 g/mol. The Morgan fingerprint density at radius 2 is 2.11 bits per heavy atom. The molecule has 1 aromatic carbocycles. The number of rotatable bonds is 2. The summed E-state index contributed by atoms with van der Waals surface area (Å²) in [5.41, 5.74) is 0. The highest BCUT2D eigenvalue weighted by atomic mass is 35.5. The summed E-state index contributed by atoms with van der Waals surface area (Å²) in [4.78, 5) is 0.0745. The van der Waals surface area contributed by atoms with Crippen LogP contribution in [0.15, 0.2) is 23.1 Å². The fraction of sp³-hybridized carbons (Fsp3) is 0.455. The molecule has 0 spiro atoms. The van der Waals surface area contributed by atoms with Crippen LogP contribution in [0.3, 0.4) is 0 Å². The Bertz CT molecular complexity index is 548. The minimum Gasteiger partial charge on any atom is -0.314 e. The highest BCUT2D eigenvalue weighted by Gasteiger charge is 2.32. The Balaban J connectivity index is 2.44. The summed E-state index contributed by atoms with van der Waals surface area (Å²) in [6, 6.07) is 4.55. The molecule has 18 heavy (non-hydrogen) atoms. The van der Waals surface area contributed by atoms with Crippen LogP contribution in [0.1, 0.15) is 6.92 Å². The van der Waals surface area contributed by atoms with Crippen LogP contribution in [-0.2, 0) is 10.0 Å². The minimum atomic E-state index is -3.59. The average molecular weight is 309 g/mol. The second kappa shape index (κ2) is 5.35. The van der Waals surface area contributed by atoms with E-state index in [4.69, 9.17) is 23.2 Å². The van der Waals surface area contributed by atoms with Crippen LogP contribution in [0.25, 0.3) is 0 Å². The summed E-state index contributed by atoms with van der Waals surface area (Å²) in [5.74, 6) is 0. The Labute approximate surface area is 117 Å². The van der Waals surface area contributed by atoms with Gasteiger partial charge in [0.2, 0.25) is 10.0 Å². The lowest BCUT2D eigenvalue weighted by molar-refractivity contribution is 0.284. The molecular formula is C11H14Cl2N2O2S. The normalized spacial score (nSPS) is 22.1. The van der Waals surface area contributed by atoms with Crippen LogP contribution < -0.4 is 5.32 Å². The molecule has 1 N–H and O–H groups in total. The second-order valence-corrected chi connectivity index (χ2v) is 6.86. The Kier molecular flexibility index (Phi) is 4.18. The quantitative estimate of drug-likeness (QED) is 0.909. The molecule has 7 heteroatoms. The molecule has 0 radical (unpaired) electrons. The fourth-order valence-electron chi connectivity index (χ4n) is 1.99. The first kappa shape index (κ1) is 14.1. The molecule has 1 aliphatic rings. The maximum atomic E-state index is 12.5. The van der Waals surface area contributed by atoms with Crippen LogP contribution in [0.4, 0.5) is 0 Å². The Hall–Kier alpha value is -0.330. The van der Waals surface area contributed by atoms with Gasteiger partial charge in [-0.25, -0.2) is 8.42 Å². The number of benzene rings is 1. The van der Waals surface area contributed by atoms with Crippen molar-refractivity contribution >= 4 is 33.2 Å². The fourth-order valence-corrected chi connectivity index (χ4v) is 4.36. The van der Waals surface area contributed by atoms with Gasteiger partial charge in [0, 0.05) is 25.7 Å². The maximum absolute atomic E-state index is 12.5. The molecule has 1 heterocycles. The minimum absolute atomic E-state index is 0.0745. The highest BCUT2D eigenvalue weighted by molar-refractivity contribution is 7.89. The molecule has 100 valence electrons. The van der Waals surface area contributed by atoms with Crippen LogP contribution in [0.5, 0.6) is 0 Å². The van der Waals surface area contributed by atoms with E-state index in [1.165, 1.54) is 10.4 Å². The molecule has 1 aliphatic heterocycles. The van der Waals surface area contributed by atoms with Crippen molar-refractivity contribution in [2.24, 2.45) is 0 Å². The lowest BCUT2D eigenvalue weighted by Gasteiger charge is -2.33. The predicted molar refractivity (Wildman–Crippen MR) is 72.7 cm³/mol. The number of hydrogen-bond donors (Lipinski definition) is 1. The summed E-state index contributed by atoms with van der Waals surface area (Å²) < 4.78 is 26.5. The molecule has 1 aromatic rings. The van der Waals surface area contributed by atoms with Gasteiger partial charge in [0.05, 0.1) is 10.0 Å². The molecule has 2 rings (SSSR count). The van der Waals surface area contributed by atoms with Crippen molar-refractivity contribution in [3.63, 3.8) is 0 Å². The molecule has 1 saturated heterocycles. The molecule has 1 fully saturated rings. The smallest absolute Gasteiger partial charge is 0.244 e. The second-order valence-electron chi connectivity index (χ2n) is 4.22. The molecule has 0 aliphatic carbocycles. The highest BCUT2D eigenvalue weighted by Crippen LogP contribution is 2.31. The van der Waals surface area contributed by atoms with Gasteiger partial charge >= 0.3 is 0 Å². The van der Waals surface area contributed by atoms with Crippen molar-refractivity contribution in [2.45, 2.75) is 17.9 Å². The van der Waals surface area contributed by atoms with Crippen LogP contribution in [-0.4, -0.2) is 38.4 Å². The van der Waals surface area contributed by atoms with E-state index in [-0.39, 0.29) is 21.0 Å². The standard InChI is InChI=1S/C11H14Cl2N2O2S/c1-8-7-14-5-6-15(8)18(16,17)10-4-2-3-9(12)11(10)13/h2-4,8,14H,5-7H2,1H3. The van der Waals surface area contributed by atoms with Gasteiger partial charge in [-0.05, 0) is 19.1 Å². The van der Waals surface area contributed by atoms with E-state index < -0.39 is 10.0 Å². The van der Waals surface area contributed by atoms with Crippen LogP contribution in [0.2, 0.25) is 10.0 Å². The van der Waals surface area contributed by atoms with E-state index in [1.807, 2.05) is 6.92 Å². The summed E-state index contributed by atoms with van der Waals surface area (Å²) in [7, 11) is -3.59. The third-order valence-electron chi connectivity index (χ3n) is 2.94. The Morgan fingerprint density at radius 1 is 1.39 bits per heavy atom. The number of nitrogens with zero attached hydrogens (tertiary/aromatic N) is 1. The number of halogens is 2. The summed E-state index contributed by atoms with van der Waals surface area (Å²) in [6.45, 7) is 3.58. The van der Waals surface area contributed by atoms with Crippen molar-refractivity contribution in [2.75, 3.05) is 19.6 Å². The zero-order chi connectivity index (χ0) is 13.3. The molecule has 4 nitrogen and oxygen atoms in total. The molecule has 0 aromatic heterocycles. The third kappa shape index (κ3) is 2.51. The van der Waals surface area contributed by atoms with Crippen LogP contribution in [0, 0.1) is 0 Å². The monoisotopic (exact) mass is 308 g/mol. The summed E-state index contributed by atoms with van der Waals surface area (Å²) in [6.07, 6.45) is 0. The summed E-state index contributed by atoms with van der Waals surface area (Å²) >= 11 is 11.9. The number of hydrogen-bond acceptors (Lipinski definition) is 3.